The SMILES string of the molecule is OC1(CNCc2cccc(OCc3ccccc3F)c2)CCOCC1. The standard InChI is InChI=1S/C20H24FNO3/c21-19-7-2-1-5-17(19)14-25-18-6-3-4-16(12-18)13-22-15-20(23)8-10-24-11-9-20/h1-7,12,22-23H,8-11,13-15H2. The molecule has 1 aliphatic rings. The van der Waals surface area contributed by atoms with Crippen molar-refractivity contribution >= 4 is 0 Å². The number of hydrogen-bond acceptors (Lipinski definition) is 4. The van der Waals surface area contributed by atoms with Crippen LogP contribution in [0.1, 0.15) is 24.0 Å². The van der Waals surface area contributed by atoms with Gasteiger partial charge in [0, 0.05) is 44.7 Å². The molecular weight excluding hydrogens is 321 g/mol. The summed E-state index contributed by atoms with van der Waals surface area (Å²) >= 11 is 0. The van der Waals surface area contributed by atoms with Gasteiger partial charge in [0.25, 0.3) is 0 Å². The first-order valence-electron chi connectivity index (χ1n) is 8.61. The second-order valence-electron chi connectivity index (χ2n) is 6.47. The highest BCUT2D eigenvalue weighted by molar-refractivity contribution is 5.29. The Bertz CT molecular complexity index is 686. The first-order chi connectivity index (χ1) is 12.1. The zero-order valence-corrected chi connectivity index (χ0v) is 14.2. The van der Waals surface area contributed by atoms with Gasteiger partial charge in [-0.3, -0.25) is 0 Å². The van der Waals surface area contributed by atoms with E-state index in [0.717, 1.165) is 5.56 Å². The molecule has 0 aromatic heterocycles. The lowest BCUT2D eigenvalue weighted by Crippen LogP contribution is -2.44. The molecule has 1 saturated heterocycles. The molecule has 2 aromatic rings. The average molecular weight is 345 g/mol. The highest BCUT2D eigenvalue weighted by Crippen LogP contribution is 2.20. The van der Waals surface area contributed by atoms with Crippen molar-refractivity contribution in [1.29, 1.82) is 0 Å². The van der Waals surface area contributed by atoms with E-state index in [1.807, 2.05) is 24.3 Å². The minimum absolute atomic E-state index is 0.198. The Kier molecular flexibility index (Phi) is 6.02. The number of aliphatic hydroxyl groups is 1. The number of nitrogens with one attached hydrogen (secondary N) is 1. The third-order valence-electron chi connectivity index (χ3n) is 4.46. The third-order valence-corrected chi connectivity index (χ3v) is 4.46. The first-order valence-corrected chi connectivity index (χ1v) is 8.61. The predicted molar refractivity (Wildman–Crippen MR) is 93.9 cm³/mol. The van der Waals surface area contributed by atoms with Crippen LogP contribution in [0.15, 0.2) is 48.5 Å². The van der Waals surface area contributed by atoms with Gasteiger partial charge in [-0.05, 0) is 23.8 Å². The molecule has 1 fully saturated rings. The topological polar surface area (TPSA) is 50.7 Å². The first kappa shape index (κ1) is 17.9. The van der Waals surface area contributed by atoms with E-state index in [4.69, 9.17) is 9.47 Å². The van der Waals surface area contributed by atoms with E-state index in [9.17, 15) is 9.50 Å². The molecule has 25 heavy (non-hydrogen) atoms. The van der Waals surface area contributed by atoms with Gasteiger partial charge in [0.2, 0.25) is 0 Å². The lowest BCUT2D eigenvalue weighted by Gasteiger charge is -2.32. The summed E-state index contributed by atoms with van der Waals surface area (Å²) in [6.45, 7) is 2.59. The summed E-state index contributed by atoms with van der Waals surface area (Å²) in [5, 5.41) is 13.7. The molecule has 0 amide bonds. The fourth-order valence-electron chi connectivity index (χ4n) is 2.89. The van der Waals surface area contributed by atoms with Crippen LogP contribution < -0.4 is 10.1 Å². The maximum atomic E-state index is 13.6. The molecule has 0 saturated carbocycles. The smallest absolute Gasteiger partial charge is 0.129 e. The molecule has 0 radical (unpaired) electrons. The van der Waals surface area contributed by atoms with Crippen LogP contribution in [0.5, 0.6) is 5.75 Å². The molecule has 1 aliphatic heterocycles. The lowest BCUT2D eigenvalue weighted by atomic mass is 9.94. The Morgan fingerprint density at radius 2 is 1.92 bits per heavy atom. The maximum absolute atomic E-state index is 13.6. The average Bonchev–Trinajstić information content (AvgIpc) is 2.62. The van der Waals surface area contributed by atoms with Crippen LogP contribution >= 0.6 is 0 Å². The molecule has 4 nitrogen and oxygen atoms in total. The molecule has 0 unspecified atom stereocenters. The zero-order valence-electron chi connectivity index (χ0n) is 14.2. The van der Waals surface area contributed by atoms with Crippen molar-refractivity contribution in [2.45, 2.75) is 31.6 Å². The number of hydrogen-bond donors (Lipinski definition) is 2. The Hall–Kier alpha value is -1.95. The third kappa shape index (κ3) is 5.26. The molecule has 2 N–H and O–H groups in total. The van der Waals surface area contributed by atoms with E-state index in [0.29, 0.717) is 50.5 Å². The summed E-state index contributed by atoms with van der Waals surface area (Å²) in [5.74, 6) is 0.442. The normalized spacial score (nSPS) is 16.6. The maximum Gasteiger partial charge on any atom is 0.129 e. The van der Waals surface area contributed by atoms with Crippen molar-refractivity contribution in [3.8, 4) is 5.75 Å². The van der Waals surface area contributed by atoms with E-state index in [1.165, 1.54) is 6.07 Å². The number of benzene rings is 2. The van der Waals surface area contributed by atoms with Gasteiger partial charge in [-0.25, -0.2) is 4.39 Å². The molecule has 134 valence electrons. The fraction of sp³-hybridized carbons (Fsp3) is 0.400. The fourth-order valence-corrected chi connectivity index (χ4v) is 2.89. The van der Waals surface area contributed by atoms with Crippen LogP contribution in [0.3, 0.4) is 0 Å². The van der Waals surface area contributed by atoms with Crippen LogP contribution in [0, 0.1) is 5.82 Å². The molecule has 3 rings (SSSR count). The van der Waals surface area contributed by atoms with E-state index >= 15 is 0 Å². The van der Waals surface area contributed by atoms with E-state index in [1.54, 1.807) is 18.2 Å². The predicted octanol–water partition coefficient (Wildman–Crippen LogP) is 3.04. The van der Waals surface area contributed by atoms with Crippen molar-refractivity contribution in [2.75, 3.05) is 19.8 Å². The summed E-state index contributed by atoms with van der Waals surface area (Å²) in [4.78, 5) is 0. The van der Waals surface area contributed by atoms with Crippen molar-refractivity contribution in [3.63, 3.8) is 0 Å². The van der Waals surface area contributed by atoms with E-state index in [2.05, 4.69) is 5.32 Å². The molecule has 0 bridgehead atoms. The van der Waals surface area contributed by atoms with Gasteiger partial charge in [0.1, 0.15) is 18.2 Å². The van der Waals surface area contributed by atoms with Gasteiger partial charge in [-0.2, -0.15) is 0 Å². The van der Waals surface area contributed by atoms with Gasteiger partial charge < -0.3 is 19.9 Å². The van der Waals surface area contributed by atoms with Crippen LogP contribution in [0.4, 0.5) is 4.39 Å². The van der Waals surface area contributed by atoms with Gasteiger partial charge in [-0.1, -0.05) is 30.3 Å². The van der Waals surface area contributed by atoms with Gasteiger partial charge >= 0.3 is 0 Å². The Morgan fingerprint density at radius 1 is 1.12 bits per heavy atom. The highest BCUT2D eigenvalue weighted by Gasteiger charge is 2.29. The van der Waals surface area contributed by atoms with Gasteiger partial charge in [0.05, 0.1) is 5.60 Å². The number of halogens is 1. The molecule has 5 heteroatoms. The number of rotatable bonds is 7. The van der Waals surface area contributed by atoms with Crippen molar-refractivity contribution in [1.82, 2.24) is 5.32 Å². The monoisotopic (exact) mass is 345 g/mol. The van der Waals surface area contributed by atoms with Crippen LogP contribution in [0.2, 0.25) is 0 Å². The molecule has 0 spiro atoms. The van der Waals surface area contributed by atoms with Crippen LogP contribution in [-0.4, -0.2) is 30.5 Å². The molecule has 2 aromatic carbocycles. The second kappa shape index (κ2) is 8.43. The molecule has 0 atom stereocenters. The Balaban J connectivity index is 1.50. The second-order valence-corrected chi connectivity index (χ2v) is 6.47. The summed E-state index contributed by atoms with van der Waals surface area (Å²) in [6.07, 6.45) is 1.32. The quantitative estimate of drug-likeness (QED) is 0.810. The summed E-state index contributed by atoms with van der Waals surface area (Å²) in [7, 11) is 0. The summed E-state index contributed by atoms with van der Waals surface area (Å²) < 4.78 is 24.6. The highest BCUT2D eigenvalue weighted by atomic mass is 19.1. The van der Waals surface area contributed by atoms with Gasteiger partial charge in [0.15, 0.2) is 0 Å². The Labute approximate surface area is 147 Å². The van der Waals surface area contributed by atoms with Crippen LogP contribution in [0.25, 0.3) is 0 Å². The molecule has 0 aliphatic carbocycles. The minimum Gasteiger partial charge on any atom is -0.489 e. The van der Waals surface area contributed by atoms with Crippen molar-refractivity contribution < 1.29 is 19.0 Å². The van der Waals surface area contributed by atoms with Crippen molar-refractivity contribution in [2.24, 2.45) is 0 Å². The molecular formula is C20H24FNO3. The Morgan fingerprint density at radius 3 is 2.72 bits per heavy atom. The van der Waals surface area contributed by atoms with Crippen molar-refractivity contribution in [3.05, 3.63) is 65.5 Å². The molecule has 1 heterocycles. The van der Waals surface area contributed by atoms with E-state index in [-0.39, 0.29) is 12.4 Å². The summed E-state index contributed by atoms with van der Waals surface area (Å²) in [5.41, 5.74) is 0.909. The minimum atomic E-state index is -0.683. The lowest BCUT2D eigenvalue weighted by molar-refractivity contribution is -0.0617. The number of ether oxygens (including phenoxy) is 2. The largest absolute Gasteiger partial charge is 0.489 e. The van der Waals surface area contributed by atoms with Crippen LogP contribution in [-0.2, 0) is 17.9 Å². The van der Waals surface area contributed by atoms with E-state index < -0.39 is 5.60 Å². The summed E-state index contributed by atoms with van der Waals surface area (Å²) in [6, 6.07) is 14.3. The van der Waals surface area contributed by atoms with Gasteiger partial charge in [-0.15, -0.1) is 0 Å². The zero-order chi connectivity index (χ0) is 17.5.